The second-order valence-corrected chi connectivity index (χ2v) is 22.2. The largest absolute Gasteiger partial charge is 1.21 e. The van der Waals surface area contributed by atoms with Gasteiger partial charge in [0.05, 0.1) is 23.0 Å². The van der Waals surface area contributed by atoms with Crippen LogP contribution in [0.1, 0.15) is 5.56 Å². The van der Waals surface area contributed by atoms with E-state index < -0.39 is 28.0 Å². The predicted molar refractivity (Wildman–Crippen MR) is 228 cm³/mol. The minimum Gasteiger partial charge on any atom is -0.697 e. The fourth-order valence-corrected chi connectivity index (χ4v) is 17.6. The molecule has 0 aromatic heterocycles. The third kappa shape index (κ3) is 9.98. The van der Waals surface area contributed by atoms with Crippen LogP contribution in [0.2, 0.25) is 0 Å². The molecule has 0 bridgehead atoms. The minimum atomic E-state index is -4.13. The van der Waals surface area contributed by atoms with Gasteiger partial charge in [0.25, 0.3) is 0 Å². The Morgan fingerprint density at radius 1 is 0.273 bits per heavy atom. The standard InChI is InChI=1S/C25H22As.4C6H6O.Al/c1-5-13-22(14-6-1)21-26(23-15-7-2-8-16-23,24-17-9-3-10-18-24)25-19-11-4-12-20-25;4*7-6-4-2-1-3-5-6;/h1-20H,21H2;4*1-5,7H;/q+1;;;;;+3/p-4. The summed E-state index contributed by atoms with van der Waals surface area (Å²) < 4.78 is 29.7. The van der Waals surface area contributed by atoms with Crippen LogP contribution in [0.5, 0.6) is 23.0 Å². The van der Waals surface area contributed by atoms with Crippen molar-refractivity contribution in [2.45, 2.75) is 5.21 Å². The molecular weight excluding hydrogens is 754 g/mol. The van der Waals surface area contributed by atoms with Gasteiger partial charge in [-0.3, -0.25) is 0 Å². The zero-order valence-electron chi connectivity index (χ0n) is 30.5. The molecule has 0 atom stereocenters. The zero-order valence-corrected chi connectivity index (χ0v) is 33.5. The normalized spacial score (nSPS) is 11.0. The van der Waals surface area contributed by atoms with Gasteiger partial charge >= 0.3 is 173 Å². The van der Waals surface area contributed by atoms with Gasteiger partial charge in [-0.2, -0.15) is 0 Å². The van der Waals surface area contributed by atoms with E-state index in [9.17, 15) is 0 Å². The Kier molecular flexibility index (Phi) is 12.8. The summed E-state index contributed by atoms with van der Waals surface area (Å²) in [5, 5.41) is 1.09. The molecule has 8 aromatic rings. The Labute approximate surface area is 330 Å². The molecule has 55 heavy (non-hydrogen) atoms. The Morgan fingerprint density at radius 2 is 0.491 bits per heavy atom. The van der Waals surface area contributed by atoms with Crippen LogP contribution in [0.25, 0.3) is 0 Å². The van der Waals surface area contributed by atoms with E-state index in [4.69, 9.17) is 15.2 Å². The molecule has 0 fully saturated rings. The molecule has 0 spiro atoms. The van der Waals surface area contributed by atoms with E-state index in [1.54, 1.807) is 0 Å². The first-order valence-corrected chi connectivity index (χ1v) is 24.4. The topological polar surface area (TPSA) is 36.9 Å². The van der Waals surface area contributed by atoms with Crippen molar-refractivity contribution in [3.8, 4) is 23.0 Å². The van der Waals surface area contributed by atoms with E-state index in [2.05, 4.69) is 121 Å². The Hall–Kier alpha value is -5.95. The number of hydrogen-bond donors (Lipinski definition) is 0. The zero-order chi connectivity index (χ0) is 37.4. The van der Waals surface area contributed by atoms with Crippen molar-refractivity contribution < 1.29 is 15.2 Å². The Balaban J connectivity index is 0.000000170. The fraction of sp³-hybridized carbons (Fsp3) is 0.0204. The quantitative estimate of drug-likeness (QED) is 0.109. The molecule has 0 aliphatic rings. The minimum absolute atomic E-state index is 0.611. The van der Waals surface area contributed by atoms with Gasteiger partial charge in [0.2, 0.25) is 0 Å². The fourth-order valence-electron chi connectivity index (χ4n) is 6.43. The van der Waals surface area contributed by atoms with Gasteiger partial charge in [0.1, 0.15) is 0 Å². The third-order valence-electron chi connectivity index (χ3n) is 8.95. The molecule has 0 saturated heterocycles. The van der Waals surface area contributed by atoms with E-state index >= 15 is 0 Å². The summed E-state index contributed by atoms with van der Waals surface area (Å²) in [5.74, 6) is 2.45. The van der Waals surface area contributed by atoms with Crippen LogP contribution in [-0.2, 0) is 5.21 Å². The van der Waals surface area contributed by atoms with E-state index in [-0.39, 0.29) is 0 Å². The molecule has 0 unspecified atom stereocenters. The molecule has 0 saturated carbocycles. The summed E-state index contributed by atoms with van der Waals surface area (Å²) in [4.78, 5) is 0. The number of para-hydroxylation sites is 4. The van der Waals surface area contributed by atoms with Gasteiger partial charge in [-0.05, 0) is 48.5 Å². The van der Waals surface area contributed by atoms with Crippen molar-refractivity contribution in [1.29, 1.82) is 0 Å². The SMILES string of the molecule is c1ccc(C[As+](c2ccccc2)(c2ccccc2)c2ccccc2)cc1.c1ccc([O][Al-]([O]c2ccccc2)([O]c2ccccc2)[O]c2ccccc2)cc1. The van der Waals surface area contributed by atoms with E-state index in [1.807, 2.05) is 121 Å². The van der Waals surface area contributed by atoms with Crippen molar-refractivity contribution in [2.24, 2.45) is 0 Å². The smallest absolute Gasteiger partial charge is 0.697 e. The summed E-state index contributed by atoms with van der Waals surface area (Å²) in [6.45, 7) is 0. The van der Waals surface area contributed by atoms with Gasteiger partial charge in [0.15, 0.2) is 0 Å². The maximum atomic E-state index is 6.31. The monoisotopic (exact) mass is 796 g/mol. The molecule has 0 amide bonds. The summed E-state index contributed by atoms with van der Waals surface area (Å²) in [6.07, 6.45) is 0. The van der Waals surface area contributed by atoms with Crippen molar-refractivity contribution >= 4 is 41.0 Å². The van der Waals surface area contributed by atoms with Gasteiger partial charge in [-0.15, -0.1) is 0 Å². The van der Waals surface area contributed by atoms with Crippen LogP contribution in [0, 0.1) is 0 Å². The summed E-state index contributed by atoms with van der Waals surface area (Å²) in [5.41, 5.74) is 1.41. The molecule has 4 nitrogen and oxygen atoms in total. The molecule has 8 aromatic carbocycles. The van der Waals surface area contributed by atoms with Gasteiger partial charge < -0.3 is 15.2 Å². The molecule has 0 aliphatic carbocycles. The van der Waals surface area contributed by atoms with E-state index in [0.717, 1.165) is 5.21 Å². The van der Waals surface area contributed by atoms with Gasteiger partial charge in [0, 0.05) is 0 Å². The maximum Gasteiger partial charge on any atom is 1.21 e. The first kappa shape index (κ1) is 37.4. The van der Waals surface area contributed by atoms with Crippen LogP contribution in [0.4, 0.5) is 0 Å². The van der Waals surface area contributed by atoms with Crippen molar-refractivity contribution in [2.75, 3.05) is 0 Å². The average Bonchev–Trinajstić information content (AvgIpc) is 3.26. The second kappa shape index (κ2) is 18.9. The first-order valence-electron chi connectivity index (χ1n) is 18.4. The number of benzene rings is 8. The van der Waals surface area contributed by atoms with E-state index in [1.165, 1.54) is 18.6 Å². The van der Waals surface area contributed by atoms with Crippen LogP contribution < -0.4 is 28.2 Å². The van der Waals surface area contributed by atoms with E-state index in [0.29, 0.717) is 23.0 Å². The van der Waals surface area contributed by atoms with Crippen molar-refractivity contribution in [1.82, 2.24) is 0 Å². The van der Waals surface area contributed by atoms with Crippen LogP contribution in [-0.4, -0.2) is 28.0 Å². The maximum absolute atomic E-state index is 6.31. The third-order valence-corrected chi connectivity index (χ3v) is 20.4. The molecule has 6 heteroatoms. The van der Waals surface area contributed by atoms with Crippen LogP contribution in [0.15, 0.2) is 243 Å². The average molecular weight is 797 g/mol. The van der Waals surface area contributed by atoms with Crippen LogP contribution >= 0.6 is 0 Å². The molecular formula is C49H42AlAsO4. The molecule has 8 rings (SSSR count). The molecule has 0 N–H and O–H groups in total. The number of rotatable bonds is 13. The second-order valence-electron chi connectivity index (χ2n) is 12.8. The van der Waals surface area contributed by atoms with Gasteiger partial charge in [-0.1, -0.05) is 72.8 Å². The molecule has 270 valence electrons. The summed E-state index contributed by atoms with van der Waals surface area (Å²) in [6, 6.07) is 82.1. The van der Waals surface area contributed by atoms with Crippen molar-refractivity contribution in [3.05, 3.63) is 248 Å². The van der Waals surface area contributed by atoms with Gasteiger partial charge in [-0.25, -0.2) is 0 Å². The Bertz CT molecular complexity index is 2000. The summed E-state index contributed by atoms with van der Waals surface area (Å²) >= 11 is -6.76. The molecule has 0 radical (unpaired) electrons. The Morgan fingerprint density at radius 3 is 0.745 bits per heavy atom. The molecule has 0 heterocycles. The summed E-state index contributed by atoms with van der Waals surface area (Å²) in [7, 11) is 0. The predicted octanol–water partition coefficient (Wildman–Crippen LogP) is 9.68. The number of hydrogen-bond acceptors (Lipinski definition) is 4. The first-order chi connectivity index (χ1) is 27.2. The molecule has 0 aliphatic heterocycles. The van der Waals surface area contributed by atoms with Crippen molar-refractivity contribution in [3.63, 3.8) is 0 Å². The van der Waals surface area contributed by atoms with Crippen LogP contribution in [0.3, 0.4) is 0 Å².